The van der Waals surface area contributed by atoms with Gasteiger partial charge < -0.3 is 5.32 Å². The number of hydrogen-bond donors (Lipinski definition) is 1. The number of hydrogen-bond acceptors (Lipinski definition) is 7. The van der Waals surface area contributed by atoms with E-state index in [9.17, 15) is 31.7 Å². The molecule has 32 heavy (non-hydrogen) atoms. The van der Waals surface area contributed by atoms with Gasteiger partial charge in [-0.3, -0.25) is 14.9 Å². The summed E-state index contributed by atoms with van der Waals surface area (Å²) >= 11 is 0. The molecule has 1 aliphatic rings. The van der Waals surface area contributed by atoms with E-state index in [1.165, 1.54) is 28.6 Å². The van der Waals surface area contributed by atoms with Crippen LogP contribution >= 0.6 is 0 Å². The Morgan fingerprint density at radius 2 is 1.53 bits per heavy atom. The van der Waals surface area contributed by atoms with Gasteiger partial charge in [0, 0.05) is 42.7 Å². The molecule has 1 heterocycles. The minimum atomic E-state index is -3.78. The number of nitrogens with zero attached hydrogens (tertiary/aromatic N) is 2. The Hall–Kier alpha value is -2.83. The Morgan fingerprint density at radius 1 is 0.938 bits per heavy atom. The highest BCUT2D eigenvalue weighted by Crippen LogP contribution is 2.24. The zero-order valence-corrected chi connectivity index (χ0v) is 19.0. The highest BCUT2D eigenvalue weighted by molar-refractivity contribution is 7.90. The lowest BCUT2D eigenvalue weighted by Gasteiger charge is -2.20. The number of sulfone groups is 1. The van der Waals surface area contributed by atoms with Gasteiger partial charge in [0.2, 0.25) is 10.0 Å². The van der Waals surface area contributed by atoms with Crippen molar-refractivity contribution in [2.24, 2.45) is 0 Å². The Labute approximate surface area is 186 Å². The van der Waals surface area contributed by atoms with E-state index in [0.29, 0.717) is 13.1 Å². The third-order valence-corrected chi connectivity index (χ3v) is 8.11. The molecule has 1 amide bonds. The second kappa shape index (κ2) is 9.35. The molecule has 0 bridgehead atoms. The molecule has 1 aliphatic heterocycles. The van der Waals surface area contributed by atoms with E-state index in [2.05, 4.69) is 5.32 Å². The van der Waals surface area contributed by atoms with E-state index in [4.69, 9.17) is 0 Å². The van der Waals surface area contributed by atoms with E-state index in [1.54, 1.807) is 0 Å². The molecule has 0 atom stereocenters. The zero-order valence-electron chi connectivity index (χ0n) is 17.4. The number of benzene rings is 2. The second-order valence-corrected chi connectivity index (χ2v) is 11.5. The summed E-state index contributed by atoms with van der Waals surface area (Å²) in [6, 6.07) is 8.50. The molecule has 3 rings (SSSR count). The van der Waals surface area contributed by atoms with Gasteiger partial charge in [-0.15, -0.1) is 0 Å². The average molecular weight is 482 g/mol. The van der Waals surface area contributed by atoms with Crippen molar-refractivity contribution in [2.45, 2.75) is 35.5 Å². The number of non-ortho nitro benzene ring substituents is 1. The Kier molecular flexibility index (Phi) is 6.96. The first kappa shape index (κ1) is 23.8. The number of amides is 1. The number of sulfonamides is 1. The van der Waals surface area contributed by atoms with Gasteiger partial charge in [-0.25, -0.2) is 16.8 Å². The predicted octanol–water partition coefficient (Wildman–Crippen LogP) is 2.82. The van der Waals surface area contributed by atoms with Crippen molar-refractivity contribution < 1.29 is 26.6 Å². The minimum absolute atomic E-state index is 0.104. The fourth-order valence-corrected chi connectivity index (χ4v) is 5.57. The third-order valence-electron chi connectivity index (χ3n) is 5.11. The number of rotatable bonds is 6. The predicted molar refractivity (Wildman–Crippen MR) is 118 cm³/mol. The van der Waals surface area contributed by atoms with Gasteiger partial charge >= 0.3 is 0 Å². The first-order chi connectivity index (χ1) is 15.0. The molecule has 12 heteroatoms. The van der Waals surface area contributed by atoms with E-state index in [0.717, 1.165) is 50.1 Å². The lowest BCUT2D eigenvalue weighted by Crippen LogP contribution is -2.31. The Morgan fingerprint density at radius 3 is 2.06 bits per heavy atom. The molecule has 0 spiro atoms. The molecule has 1 saturated heterocycles. The number of nitro benzene ring substituents is 1. The topological polar surface area (TPSA) is 144 Å². The normalized spacial score (nSPS) is 15.7. The van der Waals surface area contributed by atoms with Crippen molar-refractivity contribution in [1.82, 2.24) is 4.31 Å². The van der Waals surface area contributed by atoms with E-state index in [1.807, 2.05) is 0 Å². The third kappa shape index (κ3) is 5.50. The van der Waals surface area contributed by atoms with Crippen molar-refractivity contribution >= 4 is 37.1 Å². The van der Waals surface area contributed by atoms with Crippen molar-refractivity contribution in [3.63, 3.8) is 0 Å². The second-order valence-electron chi connectivity index (χ2n) is 7.54. The van der Waals surface area contributed by atoms with Crippen LogP contribution in [0, 0.1) is 10.1 Å². The van der Waals surface area contributed by atoms with Crippen LogP contribution in [0.2, 0.25) is 0 Å². The van der Waals surface area contributed by atoms with Crippen LogP contribution < -0.4 is 5.32 Å². The average Bonchev–Trinajstić information content (AvgIpc) is 3.03. The quantitative estimate of drug-likeness (QED) is 0.493. The SMILES string of the molecule is CS(=O)(=O)c1cc(C(=O)Nc2ccc(S(=O)(=O)N3CCCCCC3)cc2)cc([N+](=O)[O-])c1. The van der Waals surface area contributed by atoms with Crippen molar-refractivity contribution in [1.29, 1.82) is 0 Å². The lowest BCUT2D eigenvalue weighted by molar-refractivity contribution is -0.385. The monoisotopic (exact) mass is 481 g/mol. The maximum Gasteiger partial charge on any atom is 0.271 e. The molecule has 1 fully saturated rings. The summed E-state index contributed by atoms with van der Waals surface area (Å²) in [6.45, 7) is 0.937. The van der Waals surface area contributed by atoms with Crippen LogP contribution in [-0.2, 0) is 19.9 Å². The van der Waals surface area contributed by atoms with E-state index >= 15 is 0 Å². The summed E-state index contributed by atoms with van der Waals surface area (Å²) in [6.07, 6.45) is 4.50. The number of anilines is 1. The van der Waals surface area contributed by atoms with Crippen LogP contribution in [-0.4, -0.2) is 51.3 Å². The van der Waals surface area contributed by atoms with E-state index < -0.39 is 36.4 Å². The molecule has 1 N–H and O–H groups in total. The van der Waals surface area contributed by atoms with Crippen molar-refractivity contribution in [3.8, 4) is 0 Å². The standard InChI is InChI=1S/C20H23N3O7S2/c1-31(27,28)19-13-15(12-17(14-19)23(25)26)20(24)21-16-6-8-18(9-7-16)32(29,30)22-10-4-2-3-5-11-22/h6-9,12-14H,2-5,10-11H2,1H3,(H,21,24). The van der Waals surface area contributed by atoms with Gasteiger partial charge in [0.05, 0.1) is 14.7 Å². The molecular weight excluding hydrogens is 458 g/mol. The summed E-state index contributed by atoms with van der Waals surface area (Å²) in [7, 11) is -7.42. The fraction of sp³-hybridized carbons (Fsp3) is 0.350. The maximum absolute atomic E-state index is 12.8. The lowest BCUT2D eigenvalue weighted by atomic mass is 10.2. The largest absolute Gasteiger partial charge is 0.322 e. The van der Waals surface area contributed by atoms with E-state index in [-0.39, 0.29) is 21.0 Å². The molecule has 172 valence electrons. The Bertz CT molecular complexity index is 1230. The summed E-state index contributed by atoms with van der Waals surface area (Å²) in [5.74, 6) is -0.762. The molecular formula is C20H23N3O7S2. The summed E-state index contributed by atoms with van der Waals surface area (Å²) in [5, 5.41) is 13.6. The van der Waals surface area contributed by atoms with Crippen LogP contribution in [0.25, 0.3) is 0 Å². The first-order valence-electron chi connectivity index (χ1n) is 9.89. The summed E-state index contributed by atoms with van der Waals surface area (Å²) in [5.41, 5.74) is -0.477. The van der Waals surface area contributed by atoms with Crippen LogP contribution in [0.3, 0.4) is 0 Å². The molecule has 0 radical (unpaired) electrons. The van der Waals surface area contributed by atoms with Crippen LogP contribution in [0.1, 0.15) is 36.0 Å². The molecule has 10 nitrogen and oxygen atoms in total. The van der Waals surface area contributed by atoms with Crippen LogP contribution in [0.5, 0.6) is 0 Å². The van der Waals surface area contributed by atoms with Crippen LogP contribution in [0.4, 0.5) is 11.4 Å². The highest BCUT2D eigenvalue weighted by Gasteiger charge is 2.25. The molecule has 2 aromatic carbocycles. The molecule has 0 aromatic heterocycles. The summed E-state index contributed by atoms with van der Waals surface area (Å²) in [4.78, 5) is 22.7. The highest BCUT2D eigenvalue weighted by atomic mass is 32.2. The Balaban J connectivity index is 1.82. The van der Waals surface area contributed by atoms with Gasteiger partial charge in [0.1, 0.15) is 0 Å². The maximum atomic E-state index is 12.8. The fourth-order valence-electron chi connectivity index (χ4n) is 3.38. The number of carbonyl (C=O) groups is 1. The summed E-state index contributed by atoms with van der Waals surface area (Å²) < 4.78 is 50.8. The van der Waals surface area contributed by atoms with Gasteiger partial charge in [0.15, 0.2) is 9.84 Å². The van der Waals surface area contributed by atoms with Gasteiger partial charge in [-0.05, 0) is 43.2 Å². The number of nitrogens with one attached hydrogen (secondary N) is 1. The molecule has 2 aromatic rings. The smallest absolute Gasteiger partial charge is 0.271 e. The number of carbonyl (C=O) groups excluding carboxylic acids is 1. The molecule has 0 unspecified atom stereocenters. The zero-order chi connectivity index (χ0) is 23.5. The number of nitro groups is 1. The van der Waals surface area contributed by atoms with Crippen molar-refractivity contribution in [3.05, 3.63) is 58.1 Å². The van der Waals surface area contributed by atoms with Crippen LogP contribution in [0.15, 0.2) is 52.3 Å². The van der Waals surface area contributed by atoms with Gasteiger partial charge in [-0.2, -0.15) is 4.31 Å². The van der Waals surface area contributed by atoms with Gasteiger partial charge in [-0.1, -0.05) is 12.8 Å². The first-order valence-corrected chi connectivity index (χ1v) is 13.2. The van der Waals surface area contributed by atoms with Crippen molar-refractivity contribution in [2.75, 3.05) is 24.7 Å². The van der Waals surface area contributed by atoms with Gasteiger partial charge in [0.25, 0.3) is 11.6 Å². The molecule has 0 saturated carbocycles. The minimum Gasteiger partial charge on any atom is -0.322 e. The molecule has 0 aliphatic carbocycles.